The van der Waals surface area contributed by atoms with Crippen molar-refractivity contribution in [1.82, 2.24) is 19.9 Å². The Morgan fingerprint density at radius 1 is 1.16 bits per heavy atom. The molecule has 0 radical (unpaired) electrons. The second-order valence-electron chi connectivity index (χ2n) is 5.74. The van der Waals surface area contributed by atoms with Crippen molar-refractivity contribution in [3.05, 3.63) is 63.8 Å². The zero-order valence-corrected chi connectivity index (χ0v) is 15.3. The van der Waals surface area contributed by atoms with E-state index in [1.54, 1.807) is 11.3 Å². The van der Waals surface area contributed by atoms with E-state index in [4.69, 9.17) is 16.1 Å². The Morgan fingerprint density at radius 2 is 1.96 bits per heavy atom. The SMILES string of the molecule is Cc1nn(Cc2ccc(-c3nc(-c4cccs4)no3)cc2)c(C)c1Cl. The van der Waals surface area contributed by atoms with Crippen molar-refractivity contribution < 1.29 is 4.52 Å². The Bertz CT molecular complexity index is 1000. The molecule has 7 heteroatoms. The highest BCUT2D eigenvalue weighted by Gasteiger charge is 2.12. The third kappa shape index (κ3) is 3.10. The second kappa shape index (κ2) is 6.46. The zero-order chi connectivity index (χ0) is 17.4. The fraction of sp³-hybridized carbons (Fsp3) is 0.167. The van der Waals surface area contributed by atoms with Gasteiger partial charge in [0.05, 0.1) is 27.8 Å². The molecule has 0 fully saturated rings. The van der Waals surface area contributed by atoms with Crippen molar-refractivity contribution in [2.24, 2.45) is 0 Å². The van der Waals surface area contributed by atoms with E-state index in [2.05, 4.69) is 15.2 Å². The van der Waals surface area contributed by atoms with E-state index in [9.17, 15) is 0 Å². The average Bonchev–Trinajstić information content (AvgIpc) is 3.35. The van der Waals surface area contributed by atoms with Crippen molar-refractivity contribution in [3.8, 4) is 22.2 Å². The van der Waals surface area contributed by atoms with Crippen molar-refractivity contribution in [2.75, 3.05) is 0 Å². The van der Waals surface area contributed by atoms with Gasteiger partial charge in [0.25, 0.3) is 5.89 Å². The molecule has 0 aliphatic carbocycles. The first-order valence-corrected chi connectivity index (χ1v) is 9.04. The number of hydrogen-bond acceptors (Lipinski definition) is 5. The van der Waals surface area contributed by atoms with E-state index < -0.39 is 0 Å². The molecule has 5 nitrogen and oxygen atoms in total. The minimum Gasteiger partial charge on any atom is -0.334 e. The van der Waals surface area contributed by atoms with E-state index in [1.807, 2.05) is 60.3 Å². The molecule has 4 rings (SSSR count). The molecule has 0 unspecified atom stereocenters. The molecule has 3 heterocycles. The van der Waals surface area contributed by atoms with Gasteiger partial charge in [0.1, 0.15) is 0 Å². The van der Waals surface area contributed by atoms with Crippen LogP contribution in [0.5, 0.6) is 0 Å². The summed E-state index contributed by atoms with van der Waals surface area (Å²) in [6.07, 6.45) is 0. The largest absolute Gasteiger partial charge is 0.334 e. The van der Waals surface area contributed by atoms with Gasteiger partial charge in [-0.2, -0.15) is 10.1 Å². The van der Waals surface area contributed by atoms with Crippen molar-refractivity contribution in [2.45, 2.75) is 20.4 Å². The van der Waals surface area contributed by atoms with E-state index in [0.717, 1.165) is 32.4 Å². The van der Waals surface area contributed by atoms with Crippen molar-refractivity contribution in [1.29, 1.82) is 0 Å². The fourth-order valence-electron chi connectivity index (χ4n) is 2.60. The summed E-state index contributed by atoms with van der Waals surface area (Å²) in [5.74, 6) is 1.13. The van der Waals surface area contributed by atoms with Crippen LogP contribution in [-0.2, 0) is 6.54 Å². The lowest BCUT2D eigenvalue weighted by molar-refractivity contribution is 0.432. The van der Waals surface area contributed by atoms with Gasteiger partial charge >= 0.3 is 0 Å². The first-order chi connectivity index (χ1) is 12.1. The molecule has 1 aromatic carbocycles. The van der Waals surface area contributed by atoms with Crippen molar-refractivity contribution in [3.63, 3.8) is 0 Å². The topological polar surface area (TPSA) is 56.7 Å². The molecule has 0 saturated heterocycles. The Kier molecular flexibility index (Phi) is 4.15. The molecular formula is C18H15ClN4OS. The molecular weight excluding hydrogens is 356 g/mol. The Balaban J connectivity index is 1.55. The van der Waals surface area contributed by atoms with Gasteiger partial charge in [-0.25, -0.2) is 0 Å². The number of rotatable bonds is 4. The number of hydrogen-bond donors (Lipinski definition) is 0. The first-order valence-electron chi connectivity index (χ1n) is 7.78. The lowest BCUT2D eigenvalue weighted by Gasteiger charge is -2.05. The van der Waals surface area contributed by atoms with E-state index >= 15 is 0 Å². The number of aryl methyl sites for hydroxylation is 1. The van der Waals surface area contributed by atoms with Crippen LogP contribution < -0.4 is 0 Å². The van der Waals surface area contributed by atoms with Gasteiger partial charge in [-0.05, 0) is 43.0 Å². The summed E-state index contributed by atoms with van der Waals surface area (Å²) in [5, 5.41) is 11.2. The summed E-state index contributed by atoms with van der Waals surface area (Å²) in [6.45, 7) is 4.56. The molecule has 0 spiro atoms. The maximum absolute atomic E-state index is 6.20. The first kappa shape index (κ1) is 16.1. The minimum atomic E-state index is 0.518. The molecule has 0 N–H and O–H groups in total. The van der Waals surface area contributed by atoms with Crippen LogP contribution in [0.25, 0.3) is 22.2 Å². The van der Waals surface area contributed by atoms with E-state index in [0.29, 0.717) is 18.3 Å². The van der Waals surface area contributed by atoms with Crippen LogP contribution in [-0.4, -0.2) is 19.9 Å². The molecule has 0 aliphatic rings. The molecule has 126 valence electrons. The van der Waals surface area contributed by atoms with Gasteiger partial charge in [-0.15, -0.1) is 11.3 Å². The van der Waals surface area contributed by atoms with Crippen LogP contribution >= 0.6 is 22.9 Å². The lowest BCUT2D eigenvalue weighted by atomic mass is 10.1. The van der Waals surface area contributed by atoms with Crippen LogP contribution in [0.2, 0.25) is 5.02 Å². The van der Waals surface area contributed by atoms with Crippen LogP contribution in [0.15, 0.2) is 46.3 Å². The predicted molar refractivity (Wildman–Crippen MR) is 98.9 cm³/mol. The zero-order valence-electron chi connectivity index (χ0n) is 13.7. The van der Waals surface area contributed by atoms with Gasteiger partial charge in [0.2, 0.25) is 5.82 Å². The molecule has 0 atom stereocenters. The highest BCUT2D eigenvalue weighted by molar-refractivity contribution is 7.13. The summed E-state index contributed by atoms with van der Waals surface area (Å²) in [6, 6.07) is 12.0. The predicted octanol–water partition coefficient (Wildman–Crippen LogP) is 4.98. The van der Waals surface area contributed by atoms with Gasteiger partial charge in [0, 0.05) is 5.56 Å². The molecule has 0 amide bonds. The van der Waals surface area contributed by atoms with Gasteiger partial charge in [0.15, 0.2) is 0 Å². The summed E-state index contributed by atoms with van der Waals surface area (Å²) >= 11 is 7.79. The normalized spacial score (nSPS) is 11.2. The monoisotopic (exact) mass is 370 g/mol. The summed E-state index contributed by atoms with van der Waals surface area (Å²) in [5.41, 5.74) is 3.85. The van der Waals surface area contributed by atoms with Gasteiger partial charge < -0.3 is 4.52 Å². The third-order valence-corrected chi connectivity index (χ3v) is 5.41. The van der Waals surface area contributed by atoms with Crippen LogP contribution in [0.4, 0.5) is 0 Å². The smallest absolute Gasteiger partial charge is 0.258 e. The highest BCUT2D eigenvalue weighted by Crippen LogP contribution is 2.26. The van der Waals surface area contributed by atoms with E-state index in [1.165, 1.54) is 0 Å². The van der Waals surface area contributed by atoms with Gasteiger partial charge in [-0.1, -0.05) is 35.0 Å². The fourth-order valence-corrected chi connectivity index (χ4v) is 3.39. The van der Waals surface area contributed by atoms with Crippen LogP contribution in [0.1, 0.15) is 17.0 Å². The molecule has 0 aliphatic heterocycles. The number of halogens is 1. The second-order valence-corrected chi connectivity index (χ2v) is 7.07. The number of benzene rings is 1. The quantitative estimate of drug-likeness (QED) is 0.508. The van der Waals surface area contributed by atoms with Crippen LogP contribution in [0, 0.1) is 13.8 Å². The number of aromatic nitrogens is 4. The standard InChI is InChI=1S/C18H15ClN4OS/c1-11-16(19)12(2)23(21-11)10-13-5-7-14(8-6-13)18-20-17(22-24-18)15-4-3-9-25-15/h3-9H,10H2,1-2H3. The van der Waals surface area contributed by atoms with Crippen LogP contribution in [0.3, 0.4) is 0 Å². The number of thiophene rings is 1. The molecule has 0 bridgehead atoms. The lowest BCUT2D eigenvalue weighted by Crippen LogP contribution is -2.03. The molecule has 3 aromatic heterocycles. The van der Waals surface area contributed by atoms with Crippen molar-refractivity contribution >= 4 is 22.9 Å². The summed E-state index contributed by atoms with van der Waals surface area (Å²) in [4.78, 5) is 5.46. The molecule has 0 saturated carbocycles. The number of nitrogens with zero attached hydrogens (tertiary/aromatic N) is 4. The van der Waals surface area contributed by atoms with E-state index in [-0.39, 0.29) is 0 Å². The maximum Gasteiger partial charge on any atom is 0.258 e. The van der Waals surface area contributed by atoms with Gasteiger partial charge in [-0.3, -0.25) is 4.68 Å². The molecule has 4 aromatic rings. The third-order valence-electron chi connectivity index (χ3n) is 3.99. The summed E-state index contributed by atoms with van der Waals surface area (Å²) < 4.78 is 7.29. The average molecular weight is 371 g/mol. The summed E-state index contributed by atoms with van der Waals surface area (Å²) in [7, 11) is 0. The Hall–Kier alpha value is -2.44. The Morgan fingerprint density at radius 3 is 2.60 bits per heavy atom. The Labute approximate surface area is 153 Å². The maximum atomic E-state index is 6.20. The molecule has 25 heavy (non-hydrogen) atoms. The minimum absolute atomic E-state index is 0.518. The highest BCUT2D eigenvalue weighted by atomic mass is 35.5.